The van der Waals surface area contributed by atoms with Crippen LogP contribution in [0, 0.1) is 5.82 Å². The first kappa shape index (κ1) is 20.3. The minimum Gasteiger partial charge on any atom is -0.408 e. The Morgan fingerprint density at radius 3 is 2.57 bits per heavy atom. The number of benzene rings is 2. The van der Waals surface area contributed by atoms with Gasteiger partial charge in [0.2, 0.25) is 15.9 Å². The molecular formula is C20H20FN3O5S. The highest BCUT2D eigenvalue weighted by Crippen LogP contribution is 2.24. The van der Waals surface area contributed by atoms with Crippen LogP contribution in [0.15, 0.2) is 56.6 Å². The molecule has 1 N–H and O–H groups in total. The van der Waals surface area contributed by atoms with E-state index in [0.717, 1.165) is 23.8 Å². The highest BCUT2D eigenvalue weighted by molar-refractivity contribution is 7.89. The van der Waals surface area contributed by atoms with Gasteiger partial charge in [-0.25, -0.2) is 17.6 Å². The molecule has 4 rings (SSSR count). The van der Waals surface area contributed by atoms with Crippen LogP contribution in [0.1, 0.15) is 19.3 Å². The van der Waals surface area contributed by atoms with Gasteiger partial charge in [0.1, 0.15) is 12.4 Å². The van der Waals surface area contributed by atoms with Crippen LogP contribution in [-0.4, -0.2) is 36.3 Å². The van der Waals surface area contributed by atoms with Crippen LogP contribution in [-0.2, 0) is 21.4 Å². The van der Waals surface area contributed by atoms with Gasteiger partial charge in [-0.2, -0.15) is 4.31 Å². The van der Waals surface area contributed by atoms with E-state index in [1.54, 1.807) is 6.07 Å². The summed E-state index contributed by atoms with van der Waals surface area (Å²) in [5, 5.41) is 2.40. The molecule has 1 saturated heterocycles. The zero-order chi connectivity index (χ0) is 21.3. The van der Waals surface area contributed by atoms with E-state index in [2.05, 4.69) is 5.32 Å². The summed E-state index contributed by atoms with van der Waals surface area (Å²) < 4.78 is 47.0. The second-order valence-corrected chi connectivity index (χ2v) is 9.01. The minimum absolute atomic E-state index is 0.00161. The molecule has 0 aliphatic carbocycles. The molecule has 1 aliphatic heterocycles. The van der Waals surface area contributed by atoms with Gasteiger partial charge in [0.25, 0.3) is 0 Å². The molecule has 10 heteroatoms. The average molecular weight is 433 g/mol. The molecule has 1 amide bonds. The first-order chi connectivity index (χ1) is 14.4. The molecule has 0 radical (unpaired) electrons. The lowest BCUT2D eigenvalue weighted by atomic mass is 10.2. The molecule has 30 heavy (non-hydrogen) atoms. The number of halogens is 1. The van der Waals surface area contributed by atoms with E-state index < -0.39 is 34.0 Å². The van der Waals surface area contributed by atoms with Crippen molar-refractivity contribution in [2.24, 2.45) is 0 Å². The van der Waals surface area contributed by atoms with E-state index in [1.165, 1.54) is 40.7 Å². The second-order valence-electron chi connectivity index (χ2n) is 7.08. The van der Waals surface area contributed by atoms with Gasteiger partial charge in [0.15, 0.2) is 5.58 Å². The quantitative estimate of drug-likeness (QED) is 0.666. The fourth-order valence-corrected chi connectivity index (χ4v) is 5.04. The number of sulfonamides is 1. The molecular weight excluding hydrogens is 413 g/mol. The highest BCUT2D eigenvalue weighted by atomic mass is 32.2. The standard InChI is InChI=1S/C20H20FN3O5S/c21-15-6-2-3-7-16(15)22-19(25)13-24-17-9-8-14(12-18(17)29-20(24)26)30(27,28)23-10-4-1-5-11-23/h2-3,6-9,12H,1,4-5,10-11,13H2,(H,22,25). The number of piperidine rings is 1. The van der Waals surface area contributed by atoms with Crippen molar-refractivity contribution in [1.29, 1.82) is 0 Å². The van der Waals surface area contributed by atoms with Crippen LogP contribution in [0.4, 0.5) is 10.1 Å². The summed E-state index contributed by atoms with van der Waals surface area (Å²) in [6.45, 7) is 0.515. The number of rotatable bonds is 5. The number of nitrogens with zero attached hydrogens (tertiary/aromatic N) is 2. The lowest BCUT2D eigenvalue weighted by Crippen LogP contribution is -2.35. The van der Waals surface area contributed by atoms with Crippen molar-refractivity contribution in [3.05, 3.63) is 58.8 Å². The molecule has 0 saturated carbocycles. The number of amides is 1. The summed E-state index contributed by atoms with van der Waals surface area (Å²) in [6, 6.07) is 9.81. The lowest BCUT2D eigenvalue weighted by Gasteiger charge is -2.25. The Morgan fingerprint density at radius 2 is 1.83 bits per heavy atom. The zero-order valence-corrected chi connectivity index (χ0v) is 16.8. The summed E-state index contributed by atoms with van der Waals surface area (Å²) in [6.07, 6.45) is 2.62. The van der Waals surface area contributed by atoms with Crippen LogP contribution in [0.3, 0.4) is 0 Å². The van der Waals surface area contributed by atoms with Crippen LogP contribution >= 0.6 is 0 Å². The van der Waals surface area contributed by atoms with E-state index in [1.807, 2.05) is 0 Å². The van der Waals surface area contributed by atoms with Gasteiger partial charge in [0.05, 0.1) is 16.1 Å². The Morgan fingerprint density at radius 1 is 1.10 bits per heavy atom. The molecule has 2 aromatic carbocycles. The average Bonchev–Trinajstić information content (AvgIpc) is 3.04. The summed E-state index contributed by atoms with van der Waals surface area (Å²) in [7, 11) is -3.68. The molecule has 0 bridgehead atoms. The van der Waals surface area contributed by atoms with Gasteiger partial charge >= 0.3 is 5.76 Å². The Hall–Kier alpha value is -2.98. The number of anilines is 1. The van der Waals surface area contributed by atoms with Crippen LogP contribution < -0.4 is 11.1 Å². The van der Waals surface area contributed by atoms with Crippen LogP contribution in [0.5, 0.6) is 0 Å². The highest BCUT2D eigenvalue weighted by Gasteiger charge is 2.27. The molecule has 3 aromatic rings. The third kappa shape index (κ3) is 3.88. The zero-order valence-electron chi connectivity index (χ0n) is 16.0. The van der Waals surface area contributed by atoms with E-state index in [9.17, 15) is 22.4 Å². The van der Waals surface area contributed by atoms with Gasteiger partial charge in [-0.05, 0) is 37.1 Å². The Balaban J connectivity index is 1.60. The summed E-state index contributed by atoms with van der Waals surface area (Å²) >= 11 is 0. The lowest BCUT2D eigenvalue weighted by molar-refractivity contribution is -0.116. The maximum atomic E-state index is 13.7. The van der Waals surface area contributed by atoms with Crippen molar-refractivity contribution < 1.29 is 22.0 Å². The van der Waals surface area contributed by atoms with Crippen molar-refractivity contribution in [2.75, 3.05) is 18.4 Å². The molecule has 0 unspecified atom stereocenters. The van der Waals surface area contributed by atoms with E-state index >= 15 is 0 Å². The predicted molar refractivity (Wildman–Crippen MR) is 108 cm³/mol. The SMILES string of the molecule is O=C(Cn1c(=O)oc2cc(S(=O)(=O)N3CCCCC3)ccc21)Nc1ccccc1F. The van der Waals surface area contributed by atoms with Crippen LogP contribution in [0.2, 0.25) is 0 Å². The summed E-state index contributed by atoms with van der Waals surface area (Å²) in [4.78, 5) is 24.6. The largest absolute Gasteiger partial charge is 0.420 e. The van der Waals surface area contributed by atoms with Crippen molar-refractivity contribution in [3.63, 3.8) is 0 Å². The van der Waals surface area contributed by atoms with Gasteiger partial charge in [-0.1, -0.05) is 18.6 Å². The number of fused-ring (bicyclic) bond motifs is 1. The van der Waals surface area contributed by atoms with Gasteiger partial charge in [-0.3, -0.25) is 9.36 Å². The van der Waals surface area contributed by atoms with E-state index in [0.29, 0.717) is 13.1 Å². The molecule has 158 valence electrons. The molecule has 2 heterocycles. The van der Waals surface area contributed by atoms with Gasteiger partial charge in [0, 0.05) is 19.2 Å². The number of carbonyl (C=O) groups is 1. The molecule has 1 fully saturated rings. The summed E-state index contributed by atoms with van der Waals surface area (Å²) in [5.41, 5.74) is 0.344. The number of oxazole rings is 1. The number of hydrogen-bond acceptors (Lipinski definition) is 5. The smallest absolute Gasteiger partial charge is 0.408 e. The second kappa shape index (κ2) is 8.04. The summed E-state index contributed by atoms with van der Waals surface area (Å²) in [5.74, 6) is -2.01. The first-order valence-electron chi connectivity index (χ1n) is 9.54. The number of hydrogen-bond donors (Lipinski definition) is 1. The monoisotopic (exact) mass is 433 g/mol. The maximum Gasteiger partial charge on any atom is 0.420 e. The number of aromatic nitrogens is 1. The van der Waals surface area contributed by atoms with Gasteiger partial charge in [-0.15, -0.1) is 0 Å². The van der Waals surface area contributed by atoms with E-state index in [4.69, 9.17) is 4.42 Å². The van der Waals surface area contributed by atoms with Crippen molar-refractivity contribution in [3.8, 4) is 0 Å². The maximum absolute atomic E-state index is 13.7. The first-order valence-corrected chi connectivity index (χ1v) is 11.0. The third-order valence-electron chi connectivity index (χ3n) is 5.04. The minimum atomic E-state index is -3.68. The third-order valence-corrected chi connectivity index (χ3v) is 6.94. The topological polar surface area (TPSA) is 102 Å². The van der Waals surface area contributed by atoms with Crippen molar-refractivity contribution >= 4 is 32.7 Å². The Kier molecular flexibility index (Phi) is 5.44. The van der Waals surface area contributed by atoms with Gasteiger partial charge < -0.3 is 9.73 Å². The number of para-hydroxylation sites is 1. The molecule has 0 spiro atoms. The Bertz CT molecular complexity index is 1260. The number of nitrogens with one attached hydrogen (secondary N) is 1. The Labute approximate surface area is 172 Å². The normalized spacial score (nSPS) is 15.4. The molecule has 1 aromatic heterocycles. The van der Waals surface area contributed by atoms with Crippen molar-refractivity contribution in [1.82, 2.24) is 8.87 Å². The molecule has 0 atom stereocenters. The van der Waals surface area contributed by atoms with E-state index in [-0.39, 0.29) is 21.7 Å². The molecule has 8 nitrogen and oxygen atoms in total. The van der Waals surface area contributed by atoms with Crippen LogP contribution in [0.25, 0.3) is 11.1 Å². The fourth-order valence-electron chi connectivity index (χ4n) is 3.51. The fraction of sp³-hybridized carbons (Fsp3) is 0.300. The predicted octanol–water partition coefficient (Wildman–Crippen LogP) is 2.55. The van der Waals surface area contributed by atoms with Crippen molar-refractivity contribution in [2.45, 2.75) is 30.7 Å². The number of carbonyl (C=O) groups excluding carboxylic acids is 1. The molecule has 1 aliphatic rings.